The molecule has 0 aliphatic carbocycles. The van der Waals surface area contributed by atoms with Gasteiger partial charge >= 0.3 is 30.5 Å². The second-order valence-electron chi connectivity index (χ2n) is 10.5. The van der Waals surface area contributed by atoms with Crippen molar-refractivity contribution in [3.8, 4) is 0 Å². The summed E-state index contributed by atoms with van der Waals surface area (Å²) in [6.07, 6.45) is -31.3. The number of halogens is 16. The SMILES string of the molecule is CCC(O)COCC(O)(F)F.COCC(F)(F)OC(F)(F)C(F)(F)OF.OC(COCCF)COC[C-](F)F.OCC(O)COCC(O)(F)F.OCC(O)COC[C-](F)F.[Rf].[Rf]. The molecule has 0 amide bonds. The van der Waals surface area contributed by atoms with Gasteiger partial charge in [0, 0.05) is 20.0 Å². The molecule has 4 unspecified atom stereocenters. The van der Waals surface area contributed by atoms with Crippen molar-refractivity contribution in [3.05, 3.63) is 12.9 Å². The van der Waals surface area contributed by atoms with E-state index in [-0.39, 0.29) is 33.0 Å². The fourth-order valence-corrected chi connectivity index (χ4v) is 2.21. The van der Waals surface area contributed by atoms with Crippen molar-refractivity contribution in [1.82, 2.24) is 0 Å². The molecule has 0 bridgehead atoms. The van der Waals surface area contributed by atoms with E-state index >= 15 is 0 Å². The number of rotatable bonds is 29. The van der Waals surface area contributed by atoms with E-state index in [1.54, 1.807) is 11.9 Å². The topological polar surface area (TPSA) is 236 Å². The van der Waals surface area contributed by atoms with Crippen molar-refractivity contribution < 1.29 is 149 Å². The van der Waals surface area contributed by atoms with Gasteiger partial charge < -0.3 is 86.8 Å². The minimum Gasteiger partial charge on any atom is -0.419 e. The maximum Gasteiger partial charge on any atom is 0.478 e. The molecule has 0 heterocycles. The Labute approximate surface area is 330 Å². The van der Waals surface area contributed by atoms with Crippen LogP contribution >= 0.6 is 0 Å². The molecule has 0 spiro atoms. The Morgan fingerprint density at radius 3 is 1.21 bits per heavy atom. The van der Waals surface area contributed by atoms with Crippen LogP contribution in [0.4, 0.5) is 70.4 Å². The van der Waals surface area contributed by atoms with Crippen LogP contribution in [0.2, 0.25) is 0 Å². The molecule has 0 aromatic heterocycles. The molecular formula is C28H48F16O16Rf2-2. The zero-order valence-corrected chi connectivity index (χ0v) is 45.5. The fraction of sp³-hybridized carbons (Fsp3) is 0.929. The van der Waals surface area contributed by atoms with Gasteiger partial charge in [-0.3, -0.25) is 0 Å². The molecule has 34 heteroatoms. The Morgan fingerprint density at radius 1 is 0.548 bits per heavy atom. The van der Waals surface area contributed by atoms with Gasteiger partial charge in [0.15, 0.2) is 0 Å². The third-order valence-corrected chi connectivity index (χ3v) is 4.66. The van der Waals surface area contributed by atoms with Gasteiger partial charge in [-0.25, -0.2) is 9.13 Å². The first-order valence-electron chi connectivity index (χ1n) is 15.9. The van der Waals surface area contributed by atoms with Gasteiger partial charge in [-0.05, 0) is 24.2 Å². The minimum absolute atomic E-state index is 0. The Hall–Kier alpha value is -3.76. The van der Waals surface area contributed by atoms with Crippen LogP contribution in [0.15, 0.2) is 0 Å². The third-order valence-electron chi connectivity index (χ3n) is 4.66. The van der Waals surface area contributed by atoms with Gasteiger partial charge in [0.2, 0.25) is 0 Å². The molecule has 0 aromatic carbocycles. The first-order valence-corrected chi connectivity index (χ1v) is 15.9. The van der Waals surface area contributed by atoms with E-state index in [1.165, 1.54) is 0 Å². The molecule has 4 atom stereocenters. The molecule has 0 saturated heterocycles. The number of alkyl halides is 11. The van der Waals surface area contributed by atoms with Crippen LogP contribution < -0.4 is 0 Å². The van der Waals surface area contributed by atoms with Crippen molar-refractivity contribution in [3.63, 3.8) is 0 Å². The monoisotopic (exact) mass is 1480 g/mol. The number of hydrogen-bond donors (Lipinski definition) is 8. The average Bonchev–Trinajstić information content (AvgIpc) is 3.10. The predicted octanol–water partition coefficient (Wildman–Crippen LogP) is 2.19. The Kier molecular flexibility index (Phi) is 46.9. The maximum atomic E-state index is 12.2. The van der Waals surface area contributed by atoms with Gasteiger partial charge in [0.25, 0.3) is 0 Å². The summed E-state index contributed by atoms with van der Waals surface area (Å²) in [5.41, 5.74) is 0. The van der Waals surface area contributed by atoms with Crippen LogP contribution in [0.1, 0.15) is 13.3 Å². The summed E-state index contributed by atoms with van der Waals surface area (Å²) in [5, 5.41) is 66.9. The first kappa shape index (κ1) is 72.7. The van der Waals surface area contributed by atoms with Crippen molar-refractivity contribution >= 4 is 0 Å². The standard InChI is InChI=1S/C7H12F3O3.C6H12F2O3.C5H5F7O3.C5H10F2O4.C5H9F2O3.2Rf/c8-1-2-12-3-6(11)4-13-5-7(9)10;1-2-5(9)3-11-4-6(7,8)10;1-13-2-3(6,7)14-4(8,9)5(10,11)15-12;6-5(7,10)3-11-2-4(9)1-8;6-5(7)3-10-2-4(9)1-8;;/h6,11H,1-5H2;5,9-10H,2-4H2,1H3;2H2,1H3;4,8-10H,1-3H2;4,8-9H,1-3H2;;/q-1;;;;-1;;. The van der Waals surface area contributed by atoms with Crippen LogP contribution in [-0.2, 0) is 38.1 Å². The minimum atomic E-state index is -5.83. The summed E-state index contributed by atoms with van der Waals surface area (Å²) < 4.78 is 214. The fourth-order valence-electron chi connectivity index (χ4n) is 2.21. The van der Waals surface area contributed by atoms with Crippen LogP contribution in [0.5, 0.6) is 0 Å². The van der Waals surface area contributed by atoms with Crippen molar-refractivity contribution in [1.29, 1.82) is 0 Å². The number of methoxy groups -OCH3 is 1. The summed E-state index contributed by atoms with van der Waals surface area (Å²) in [6.45, 7) is -6.83. The summed E-state index contributed by atoms with van der Waals surface area (Å²) in [5.74, 6) is 0. The molecule has 8 N–H and O–H groups in total. The quantitative estimate of drug-likeness (QED) is 0.0305. The molecular weight excluding hydrogens is 1430 g/mol. The predicted molar refractivity (Wildman–Crippen MR) is 164 cm³/mol. The van der Waals surface area contributed by atoms with Gasteiger partial charge in [-0.1, -0.05) is 6.92 Å². The van der Waals surface area contributed by atoms with E-state index < -0.39 is 127 Å². The molecule has 16 nitrogen and oxygen atoms in total. The second-order valence-corrected chi connectivity index (χ2v) is 10.5. The van der Waals surface area contributed by atoms with E-state index in [4.69, 9.17) is 40.9 Å². The Bertz CT molecular complexity index is 917. The molecule has 0 radical (unpaired) electrons. The molecule has 0 fully saturated rings. The summed E-state index contributed by atoms with van der Waals surface area (Å²) in [6, 6.07) is 0. The average molecular weight is 1480 g/mol. The van der Waals surface area contributed by atoms with Gasteiger partial charge in [-0.2, -0.15) is 43.9 Å². The normalized spacial score (nSPS) is 13.9. The van der Waals surface area contributed by atoms with E-state index in [9.17, 15) is 70.4 Å². The van der Waals surface area contributed by atoms with Crippen LogP contribution in [0.3, 0.4) is 0 Å². The molecule has 0 aromatic rings. The molecule has 0 rings (SSSR count). The van der Waals surface area contributed by atoms with Gasteiger partial charge in [0.1, 0.15) is 44.8 Å². The molecule has 0 aliphatic rings. The summed E-state index contributed by atoms with van der Waals surface area (Å²) >= 11 is 0. The smallest absolute Gasteiger partial charge is 0.419 e. The third kappa shape index (κ3) is 56.2. The number of hydrogen-bond acceptors (Lipinski definition) is 16. The van der Waals surface area contributed by atoms with Crippen LogP contribution in [-0.4, -0.2) is 195 Å². The van der Waals surface area contributed by atoms with Gasteiger partial charge in [-0.15, -0.1) is 4.94 Å². The zero-order chi connectivity index (χ0) is 48.2. The molecule has 0 saturated carbocycles. The largest absolute Gasteiger partial charge is 0.478 e. The van der Waals surface area contributed by atoms with Gasteiger partial charge in [0.05, 0.1) is 59.0 Å². The molecule has 0 aliphatic heterocycles. The van der Waals surface area contributed by atoms with E-state index in [0.717, 1.165) is 0 Å². The van der Waals surface area contributed by atoms with Crippen molar-refractivity contribution in [2.45, 2.75) is 68.3 Å². The van der Waals surface area contributed by atoms with Crippen LogP contribution in [0, 0.1) is 12.9 Å². The zero-order valence-electron chi connectivity index (χ0n) is 32.7. The maximum absolute atomic E-state index is 12.2. The Morgan fingerprint density at radius 2 is 0.903 bits per heavy atom. The number of aliphatic hydroxyl groups excluding tert-OH is 6. The second kappa shape index (κ2) is 40.0. The number of ether oxygens (including phenoxy) is 7. The van der Waals surface area contributed by atoms with Crippen molar-refractivity contribution in [2.24, 2.45) is 0 Å². The van der Waals surface area contributed by atoms with Crippen molar-refractivity contribution in [2.75, 3.05) is 99.7 Å². The van der Waals surface area contributed by atoms with Crippen LogP contribution in [0.25, 0.3) is 0 Å². The molecule has 62 heavy (non-hydrogen) atoms. The summed E-state index contributed by atoms with van der Waals surface area (Å²) in [4.78, 5) is 1.54. The summed E-state index contributed by atoms with van der Waals surface area (Å²) in [7, 11) is 0.694. The first-order chi connectivity index (χ1) is 27.3. The number of aliphatic hydroxyl groups is 8. The molecule has 374 valence electrons. The van der Waals surface area contributed by atoms with E-state index in [2.05, 4.69) is 33.2 Å². The Balaban J connectivity index is -0.000000122. The van der Waals surface area contributed by atoms with E-state index in [0.29, 0.717) is 13.5 Å². The van der Waals surface area contributed by atoms with E-state index in [1.807, 2.05) is 0 Å².